The minimum absolute atomic E-state index is 0.0967. The largest absolute Gasteiger partial charge is 0.508 e. The molecule has 0 saturated carbocycles. The van der Waals surface area contributed by atoms with Crippen LogP contribution < -0.4 is 43.0 Å². The zero-order valence-corrected chi connectivity index (χ0v) is 31.8. The van der Waals surface area contributed by atoms with Crippen molar-refractivity contribution in [1.29, 1.82) is 0 Å². The maximum atomic E-state index is 13.6. The minimum atomic E-state index is -1.41. The number of carbonyl (C=O) groups excluding carboxylic acids is 6. The number of carbonyl (C=O) groups is 6. The van der Waals surface area contributed by atoms with E-state index < -0.39 is 66.4 Å². The highest BCUT2D eigenvalue weighted by molar-refractivity contribution is 7.15. The van der Waals surface area contributed by atoms with Crippen LogP contribution >= 0.6 is 11.3 Å². The Morgan fingerprint density at radius 3 is 2.19 bits per heavy atom. The summed E-state index contributed by atoms with van der Waals surface area (Å²) in [5.41, 5.74) is 8.40. The van der Waals surface area contributed by atoms with Crippen molar-refractivity contribution in [2.45, 2.75) is 77.8 Å². The maximum absolute atomic E-state index is 13.6. The first-order valence-electron chi connectivity index (χ1n) is 17.2. The van der Waals surface area contributed by atoms with Crippen molar-refractivity contribution >= 4 is 51.8 Å². The zero-order valence-electron chi connectivity index (χ0n) is 30.9. The van der Waals surface area contributed by atoms with Gasteiger partial charge in [-0.25, -0.2) is 4.98 Å². The highest BCUT2D eigenvalue weighted by Gasteiger charge is 2.27. The van der Waals surface area contributed by atoms with Crippen molar-refractivity contribution in [3.8, 4) is 5.75 Å². The third-order valence-corrected chi connectivity index (χ3v) is 8.91. The Hall–Kier alpha value is -5.81. The second-order valence-electron chi connectivity index (χ2n) is 12.9. The summed E-state index contributed by atoms with van der Waals surface area (Å²) in [5.74, 6) is -3.49. The molecule has 0 aliphatic carbocycles. The number of phenols is 1. The number of nitrogens with two attached hydrogens (primary N) is 1. The van der Waals surface area contributed by atoms with Gasteiger partial charge in [-0.2, -0.15) is 0 Å². The number of benzene rings is 2. The smallest absolute Gasteiger partial charge is 0.263 e. The normalized spacial score (nSPS) is 13.5. The van der Waals surface area contributed by atoms with Gasteiger partial charge in [-0.3, -0.25) is 28.8 Å². The van der Waals surface area contributed by atoms with E-state index in [0.29, 0.717) is 11.6 Å². The molecule has 0 bridgehead atoms. The summed E-state index contributed by atoms with van der Waals surface area (Å²) in [4.78, 5) is 81.4. The second-order valence-corrected chi connectivity index (χ2v) is 14.0. The summed E-state index contributed by atoms with van der Waals surface area (Å²) < 4.78 is 0. The van der Waals surface area contributed by atoms with Gasteiger partial charge in [0.2, 0.25) is 23.6 Å². The summed E-state index contributed by atoms with van der Waals surface area (Å²) in [6.45, 7) is 11.1. The van der Waals surface area contributed by atoms with E-state index in [1.807, 2.05) is 49.4 Å². The number of hydrogen-bond donors (Lipinski definition) is 9. The molecule has 5 amide bonds. The molecule has 2 aromatic carbocycles. The van der Waals surface area contributed by atoms with E-state index >= 15 is 0 Å². The van der Waals surface area contributed by atoms with E-state index in [1.165, 1.54) is 39.0 Å². The second kappa shape index (κ2) is 20.4. The van der Waals surface area contributed by atoms with Crippen molar-refractivity contribution in [1.82, 2.24) is 36.9 Å². The topological polar surface area (TPSA) is 246 Å². The summed E-state index contributed by atoms with van der Waals surface area (Å²) in [6.07, 6.45) is 0.972. The number of phenolic OH excluding ortho intramolecular Hbond substituents is 1. The fourth-order valence-corrected chi connectivity index (χ4v) is 5.70. The lowest BCUT2D eigenvalue weighted by molar-refractivity contribution is -0.133. The number of aryl methyl sites for hydroxylation is 1. The zero-order chi connectivity index (χ0) is 39.9. The molecule has 16 nitrogen and oxygen atoms in total. The van der Waals surface area contributed by atoms with Gasteiger partial charge in [0.05, 0.1) is 25.2 Å². The molecule has 10 N–H and O–H groups in total. The first-order valence-corrected chi connectivity index (χ1v) is 18.0. The van der Waals surface area contributed by atoms with Gasteiger partial charge in [0.25, 0.3) is 5.91 Å². The maximum Gasteiger partial charge on any atom is 0.263 e. The molecule has 0 fully saturated rings. The van der Waals surface area contributed by atoms with Crippen molar-refractivity contribution in [3.63, 3.8) is 0 Å². The Kier molecular flexibility index (Phi) is 16.1. The van der Waals surface area contributed by atoms with Crippen LogP contribution in [0.2, 0.25) is 0 Å². The molecule has 290 valence electrons. The summed E-state index contributed by atoms with van der Waals surface area (Å²) >= 11 is 1.37. The Labute approximate surface area is 318 Å². The van der Waals surface area contributed by atoms with Crippen molar-refractivity contribution in [3.05, 3.63) is 88.6 Å². The van der Waals surface area contributed by atoms with E-state index in [4.69, 9.17) is 5.73 Å². The molecule has 0 saturated heterocycles. The van der Waals surface area contributed by atoms with Gasteiger partial charge < -0.3 is 48.1 Å². The van der Waals surface area contributed by atoms with Gasteiger partial charge >= 0.3 is 0 Å². The standard InChI is InChI=1S/C37H49N9O7S/c1-20-12-13-30(48)27(14-20)16-28-18-41-37(54-28)40-17-21(2)42-32(36(53)45-29(25(6)47)15-26-10-8-7-9-11-26)46-31(49)19-39-34(51)23(4)44-35(52)24(5)43-33(50)22(3)38/h7-14,18,22-24,29,32,42,48H,2,15-17,19,38H2,1,3-6H3,(H,39,51)(H,40,41)(H,43,50)(H,44,52)(H,45,53)(H,46,49)/t22-,23-,24-,29-,32+/m0/s1. The lowest BCUT2D eigenvalue weighted by atomic mass is 10.0. The van der Waals surface area contributed by atoms with Crippen LogP contribution in [0.4, 0.5) is 5.13 Å². The van der Waals surface area contributed by atoms with Gasteiger partial charge in [-0.05, 0) is 58.2 Å². The van der Waals surface area contributed by atoms with Gasteiger partial charge in [-0.15, -0.1) is 11.3 Å². The number of aromatic hydroxyl groups is 1. The Bertz CT molecular complexity index is 1820. The Morgan fingerprint density at radius 1 is 0.852 bits per heavy atom. The number of anilines is 1. The molecule has 1 aromatic heterocycles. The SMILES string of the molecule is C=C(CNc1ncc(Cc2cc(C)ccc2O)s1)N[C@H](NC(=O)CNC(=O)[C@H](C)NC(=O)[C@H](C)NC(=O)[C@H](C)N)C(=O)N[C@@H](Cc1ccccc1)C(C)=O. The number of Topliss-reactive ketones (excluding diaryl/α,β-unsaturated/α-hetero) is 1. The molecule has 0 aliphatic rings. The van der Waals surface area contributed by atoms with Crippen LogP contribution in [0.3, 0.4) is 0 Å². The van der Waals surface area contributed by atoms with E-state index in [9.17, 15) is 33.9 Å². The molecule has 17 heteroatoms. The van der Waals surface area contributed by atoms with Crippen LogP contribution in [0, 0.1) is 6.92 Å². The van der Waals surface area contributed by atoms with Crippen molar-refractivity contribution < 1.29 is 33.9 Å². The summed E-state index contributed by atoms with van der Waals surface area (Å²) in [7, 11) is 0. The predicted octanol–water partition coefficient (Wildman–Crippen LogP) is 0.495. The van der Waals surface area contributed by atoms with E-state index in [1.54, 1.807) is 12.3 Å². The number of hydrogen-bond acceptors (Lipinski definition) is 12. The first-order chi connectivity index (χ1) is 25.5. The molecule has 1 heterocycles. The monoisotopic (exact) mass is 763 g/mol. The molecule has 0 radical (unpaired) electrons. The number of aromatic nitrogens is 1. The molecular formula is C37H49N9O7S. The van der Waals surface area contributed by atoms with Gasteiger partial charge in [0.1, 0.15) is 17.8 Å². The first kappa shape index (κ1) is 42.6. The van der Waals surface area contributed by atoms with Crippen LogP contribution in [0.5, 0.6) is 5.75 Å². The van der Waals surface area contributed by atoms with Crippen LogP contribution in [0.15, 0.2) is 67.0 Å². The molecule has 0 spiro atoms. The highest BCUT2D eigenvalue weighted by Crippen LogP contribution is 2.26. The summed E-state index contributed by atoms with van der Waals surface area (Å²) in [6, 6.07) is 10.7. The minimum Gasteiger partial charge on any atom is -0.508 e. The quantitative estimate of drug-likeness (QED) is 0.0718. The Morgan fingerprint density at radius 2 is 1.52 bits per heavy atom. The fourth-order valence-electron chi connectivity index (χ4n) is 4.87. The third kappa shape index (κ3) is 14.0. The van der Waals surface area contributed by atoms with Crippen molar-refractivity contribution in [2.75, 3.05) is 18.4 Å². The number of rotatable bonds is 20. The predicted molar refractivity (Wildman–Crippen MR) is 205 cm³/mol. The molecule has 0 aliphatic heterocycles. The van der Waals surface area contributed by atoms with Crippen molar-refractivity contribution in [2.24, 2.45) is 5.73 Å². The molecule has 5 atom stereocenters. The van der Waals surface area contributed by atoms with E-state index in [0.717, 1.165) is 21.6 Å². The molecule has 0 unspecified atom stereocenters. The average Bonchev–Trinajstić information content (AvgIpc) is 3.57. The number of ketones is 1. The van der Waals surface area contributed by atoms with Gasteiger partial charge in [-0.1, -0.05) is 54.6 Å². The molecule has 54 heavy (non-hydrogen) atoms. The number of thiazole rings is 1. The fraction of sp³-hybridized carbons (Fsp3) is 0.378. The lowest BCUT2D eigenvalue weighted by Crippen LogP contribution is -2.59. The number of nitrogens with zero attached hydrogens (tertiary/aromatic N) is 1. The van der Waals surface area contributed by atoms with Crippen LogP contribution in [-0.2, 0) is 41.6 Å². The number of amides is 5. The van der Waals surface area contributed by atoms with Crippen LogP contribution in [-0.4, -0.2) is 88.8 Å². The summed E-state index contributed by atoms with van der Waals surface area (Å²) in [5, 5.41) is 29.3. The number of nitrogens with one attached hydrogen (secondary N) is 7. The molecule has 3 aromatic rings. The van der Waals surface area contributed by atoms with Crippen LogP contribution in [0.25, 0.3) is 0 Å². The van der Waals surface area contributed by atoms with E-state index in [2.05, 4.69) is 48.8 Å². The van der Waals surface area contributed by atoms with Gasteiger partial charge in [0, 0.05) is 23.2 Å². The Balaban J connectivity index is 1.63. The molecular weight excluding hydrogens is 715 g/mol. The van der Waals surface area contributed by atoms with E-state index in [-0.39, 0.29) is 30.2 Å². The lowest BCUT2D eigenvalue weighted by Gasteiger charge is -2.25. The third-order valence-electron chi connectivity index (χ3n) is 7.95. The highest BCUT2D eigenvalue weighted by atomic mass is 32.1. The van der Waals surface area contributed by atoms with Gasteiger partial charge in [0.15, 0.2) is 17.1 Å². The van der Waals surface area contributed by atoms with Crippen LogP contribution in [0.1, 0.15) is 49.3 Å². The average molecular weight is 764 g/mol. The molecule has 3 rings (SSSR count).